The minimum absolute atomic E-state index is 0.473. The van der Waals surface area contributed by atoms with Gasteiger partial charge < -0.3 is 9.80 Å². The summed E-state index contributed by atoms with van der Waals surface area (Å²) in [5.74, 6) is 1.03. The van der Waals surface area contributed by atoms with Gasteiger partial charge in [-0.3, -0.25) is 0 Å². The summed E-state index contributed by atoms with van der Waals surface area (Å²) in [4.78, 5) is 4.96. The first kappa shape index (κ1) is 33.5. The first-order valence-electron chi connectivity index (χ1n) is 18.9. The van der Waals surface area contributed by atoms with Crippen LogP contribution in [0.5, 0.6) is 0 Å². The monoisotopic (exact) mass is 676 g/mol. The molecule has 258 valence electrons. The molecule has 0 atom stereocenters. The Morgan fingerprint density at radius 2 is 0.865 bits per heavy atom. The molecule has 1 aliphatic carbocycles. The van der Waals surface area contributed by atoms with Gasteiger partial charge >= 0.3 is 0 Å². The molecule has 0 saturated carbocycles. The molecule has 0 N–H and O–H groups in total. The summed E-state index contributed by atoms with van der Waals surface area (Å²) in [6.07, 6.45) is 6.81. The largest absolute Gasteiger partial charge is 0.314 e. The fraction of sp³-hybridized carbons (Fsp3) is 0.200. The second-order valence-electron chi connectivity index (χ2n) is 15.1. The molecule has 1 aliphatic rings. The highest BCUT2D eigenvalue weighted by atomic mass is 15.2. The number of hydrogen-bond acceptors (Lipinski definition) is 2. The Morgan fingerprint density at radius 1 is 0.423 bits per heavy atom. The van der Waals surface area contributed by atoms with Gasteiger partial charge in [-0.2, -0.15) is 0 Å². The van der Waals surface area contributed by atoms with Crippen LogP contribution in [0.1, 0.15) is 63.1 Å². The van der Waals surface area contributed by atoms with E-state index < -0.39 is 0 Å². The van der Waals surface area contributed by atoms with Gasteiger partial charge in [0.05, 0.1) is 11.4 Å². The third-order valence-electron chi connectivity index (χ3n) is 10.9. The van der Waals surface area contributed by atoms with Crippen LogP contribution < -0.4 is 9.80 Å². The SMILES string of the molecule is Cc1ccc(N(C2=CC=C(C(C)C)CC2)c2cc3c4ccccc4c(N(c4ccc(C)cc4)c4ccc(C(C)C)cc4)cc3c3ccccc23)cc1. The van der Waals surface area contributed by atoms with Crippen LogP contribution in [-0.4, -0.2) is 0 Å². The number of benzene rings is 7. The lowest BCUT2D eigenvalue weighted by atomic mass is 9.91. The van der Waals surface area contributed by atoms with Crippen molar-refractivity contribution in [1.82, 2.24) is 0 Å². The maximum Gasteiger partial charge on any atom is 0.0546 e. The van der Waals surface area contributed by atoms with E-state index in [9.17, 15) is 0 Å². The molecule has 2 heteroatoms. The van der Waals surface area contributed by atoms with Gasteiger partial charge in [0.1, 0.15) is 0 Å². The number of anilines is 5. The van der Waals surface area contributed by atoms with Crippen molar-refractivity contribution in [2.24, 2.45) is 5.92 Å². The van der Waals surface area contributed by atoms with Crippen molar-refractivity contribution in [2.75, 3.05) is 9.80 Å². The van der Waals surface area contributed by atoms with Crippen molar-refractivity contribution >= 4 is 60.8 Å². The van der Waals surface area contributed by atoms with Gasteiger partial charge in [0, 0.05) is 33.5 Å². The minimum atomic E-state index is 0.473. The van der Waals surface area contributed by atoms with Crippen LogP contribution in [0.15, 0.2) is 157 Å². The smallest absolute Gasteiger partial charge is 0.0546 e. The predicted octanol–water partition coefficient (Wildman–Crippen LogP) is 14.8. The summed E-state index contributed by atoms with van der Waals surface area (Å²) < 4.78 is 0. The first-order chi connectivity index (χ1) is 25.3. The van der Waals surface area contributed by atoms with Gasteiger partial charge in [0.2, 0.25) is 0 Å². The molecule has 8 rings (SSSR count). The average molecular weight is 677 g/mol. The quantitative estimate of drug-likeness (QED) is 0.148. The highest BCUT2D eigenvalue weighted by Crippen LogP contribution is 2.47. The summed E-state index contributed by atoms with van der Waals surface area (Å²) in [5, 5.41) is 7.51. The van der Waals surface area contributed by atoms with Gasteiger partial charge in [-0.05, 0) is 120 Å². The van der Waals surface area contributed by atoms with Crippen molar-refractivity contribution in [3.63, 3.8) is 0 Å². The summed E-state index contributed by atoms with van der Waals surface area (Å²) in [7, 11) is 0. The van der Waals surface area contributed by atoms with Gasteiger partial charge in [0.15, 0.2) is 0 Å². The molecular formula is C50H48N2. The Bertz CT molecular complexity index is 2460. The molecule has 0 amide bonds. The molecule has 7 aromatic rings. The molecular weight excluding hydrogens is 629 g/mol. The van der Waals surface area contributed by atoms with Crippen LogP contribution in [0.2, 0.25) is 0 Å². The van der Waals surface area contributed by atoms with Crippen LogP contribution >= 0.6 is 0 Å². The summed E-state index contributed by atoms with van der Waals surface area (Å²) >= 11 is 0. The number of hydrogen-bond donors (Lipinski definition) is 0. The Balaban J connectivity index is 1.42. The lowest BCUT2D eigenvalue weighted by Crippen LogP contribution is -2.19. The Labute approximate surface area is 309 Å². The zero-order chi connectivity index (χ0) is 35.9. The van der Waals surface area contributed by atoms with E-state index in [1.807, 2.05) is 0 Å². The van der Waals surface area contributed by atoms with Crippen LogP contribution in [0.3, 0.4) is 0 Å². The van der Waals surface area contributed by atoms with E-state index in [1.165, 1.54) is 77.3 Å². The topological polar surface area (TPSA) is 6.48 Å². The highest BCUT2D eigenvalue weighted by Gasteiger charge is 2.24. The molecule has 0 aliphatic heterocycles. The first-order valence-corrected chi connectivity index (χ1v) is 18.9. The fourth-order valence-electron chi connectivity index (χ4n) is 7.88. The molecule has 0 spiro atoms. The van der Waals surface area contributed by atoms with E-state index in [0.717, 1.165) is 24.2 Å². The second-order valence-corrected chi connectivity index (χ2v) is 15.1. The van der Waals surface area contributed by atoms with Gasteiger partial charge in [-0.15, -0.1) is 0 Å². The molecule has 0 saturated heterocycles. The van der Waals surface area contributed by atoms with Crippen molar-refractivity contribution in [2.45, 2.75) is 60.3 Å². The standard InChI is InChI=1S/C50H48N2/c1-33(2)37-19-27-41(28-20-37)51(39-23-15-35(5)16-24-39)49-31-47-44-12-8-10-14-46(44)50(32-48(47)43-11-7-9-13-45(43)49)52(40-25-17-36(6)18-26-40)42-29-21-38(22-30-42)34(3)4/h7-21,23-29,31-34H,22,30H2,1-6H3. The summed E-state index contributed by atoms with van der Waals surface area (Å²) in [6, 6.07) is 50.0. The van der Waals surface area contributed by atoms with Crippen LogP contribution in [0.25, 0.3) is 32.3 Å². The van der Waals surface area contributed by atoms with Gasteiger partial charge in [-0.25, -0.2) is 0 Å². The zero-order valence-electron chi connectivity index (χ0n) is 31.3. The fourth-order valence-corrected chi connectivity index (χ4v) is 7.88. The Morgan fingerprint density at radius 3 is 1.31 bits per heavy atom. The zero-order valence-corrected chi connectivity index (χ0v) is 31.3. The van der Waals surface area contributed by atoms with Crippen LogP contribution in [0.4, 0.5) is 28.4 Å². The molecule has 0 bridgehead atoms. The van der Waals surface area contributed by atoms with Crippen molar-refractivity contribution in [3.05, 3.63) is 174 Å². The summed E-state index contributed by atoms with van der Waals surface area (Å²) in [6.45, 7) is 13.4. The molecule has 2 nitrogen and oxygen atoms in total. The molecule has 7 aromatic carbocycles. The molecule has 0 fully saturated rings. The lowest BCUT2D eigenvalue weighted by molar-refractivity contribution is 0.696. The van der Waals surface area contributed by atoms with Crippen molar-refractivity contribution in [3.8, 4) is 0 Å². The lowest BCUT2D eigenvalue weighted by Gasteiger charge is -2.32. The number of fused-ring (bicyclic) bond motifs is 5. The second kappa shape index (κ2) is 13.8. The maximum absolute atomic E-state index is 2.52. The van der Waals surface area contributed by atoms with E-state index in [4.69, 9.17) is 0 Å². The van der Waals surface area contributed by atoms with Gasteiger partial charge in [0.25, 0.3) is 0 Å². The third-order valence-corrected chi connectivity index (χ3v) is 10.9. The van der Waals surface area contributed by atoms with Crippen LogP contribution in [-0.2, 0) is 0 Å². The molecule has 0 unspecified atom stereocenters. The van der Waals surface area contributed by atoms with Crippen molar-refractivity contribution < 1.29 is 0 Å². The molecule has 0 aromatic heterocycles. The van der Waals surface area contributed by atoms with Crippen LogP contribution in [0, 0.1) is 19.8 Å². The van der Waals surface area contributed by atoms with E-state index in [2.05, 4.69) is 197 Å². The molecule has 52 heavy (non-hydrogen) atoms. The van der Waals surface area contributed by atoms with E-state index in [1.54, 1.807) is 0 Å². The van der Waals surface area contributed by atoms with E-state index >= 15 is 0 Å². The predicted molar refractivity (Wildman–Crippen MR) is 226 cm³/mol. The van der Waals surface area contributed by atoms with Crippen molar-refractivity contribution in [1.29, 1.82) is 0 Å². The third kappa shape index (κ3) is 6.17. The molecule has 0 radical (unpaired) electrons. The van der Waals surface area contributed by atoms with Gasteiger partial charge in [-0.1, -0.05) is 135 Å². The minimum Gasteiger partial charge on any atom is -0.314 e. The summed E-state index contributed by atoms with van der Waals surface area (Å²) in [5.41, 5.74) is 12.6. The highest BCUT2D eigenvalue weighted by molar-refractivity contribution is 6.24. The normalized spacial score (nSPS) is 13.2. The Kier molecular flexibility index (Phi) is 8.93. The van der Waals surface area contributed by atoms with E-state index in [-0.39, 0.29) is 0 Å². The number of aryl methyl sites for hydroxylation is 2. The molecule has 0 heterocycles. The number of nitrogens with zero attached hydrogens (tertiary/aromatic N) is 2. The average Bonchev–Trinajstić information content (AvgIpc) is 3.17. The maximum atomic E-state index is 2.52. The van der Waals surface area contributed by atoms with E-state index in [0.29, 0.717) is 11.8 Å². The number of allylic oxidation sites excluding steroid dienone is 4. The Hall–Kier alpha value is -5.60. The number of rotatable bonds is 8.